The minimum absolute atomic E-state index is 0.0963. The molecule has 1 fully saturated rings. The second-order valence-electron chi connectivity index (χ2n) is 7.84. The van der Waals surface area contributed by atoms with Gasteiger partial charge in [0.25, 0.3) is 0 Å². The largest absolute Gasteiger partial charge is 0.398 e. The van der Waals surface area contributed by atoms with E-state index in [9.17, 15) is 13.2 Å². The average Bonchev–Trinajstić information content (AvgIpc) is 3.34. The molecule has 1 heterocycles. The zero-order valence-electron chi connectivity index (χ0n) is 15.4. The third-order valence-corrected chi connectivity index (χ3v) is 6.30. The Morgan fingerprint density at radius 1 is 1.29 bits per heavy atom. The normalized spacial score (nSPS) is 23.3. The van der Waals surface area contributed by atoms with Crippen LogP contribution in [0.3, 0.4) is 0 Å². The molecule has 0 amide bonds. The molecule has 2 aromatic carbocycles. The van der Waals surface area contributed by atoms with Gasteiger partial charge in [-0.1, -0.05) is 22.0 Å². The van der Waals surface area contributed by atoms with Crippen LogP contribution in [0.25, 0.3) is 0 Å². The standard InChI is InChI=1S/C21H21BrF3N3/c1-11-6-14-13(2-3-18(27)15(14)9-26)20(28(11)10-21(25)4-5-21)19-16(23)7-12(22)8-17(19)24/h2-3,7-9,11,20,26H,4-6,10,27H2,1H3/t11-,20?/m1/s1. The third kappa shape index (κ3) is 3.24. The molecule has 28 heavy (non-hydrogen) atoms. The van der Waals surface area contributed by atoms with Gasteiger partial charge in [-0.3, -0.25) is 4.90 Å². The number of alkyl halides is 1. The fourth-order valence-electron chi connectivity index (χ4n) is 4.20. The maximum Gasteiger partial charge on any atom is 0.132 e. The Kier molecular flexibility index (Phi) is 4.78. The van der Waals surface area contributed by atoms with Gasteiger partial charge in [0, 0.05) is 40.1 Å². The number of hydrogen-bond donors (Lipinski definition) is 2. The van der Waals surface area contributed by atoms with Crippen molar-refractivity contribution in [1.82, 2.24) is 4.90 Å². The first-order valence-electron chi connectivity index (χ1n) is 9.25. The Labute approximate surface area is 170 Å². The van der Waals surface area contributed by atoms with Crippen LogP contribution in [0.1, 0.15) is 48.1 Å². The number of fused-ring (bicyclic) bond motifs is 1. The van der Waals surface area contributed by atoms with Crippen molar-refractivity contribution in [2.45, 2.75) is 43.9 Å². The summed E-state index contributed by atoms with van der Waals surface area (Å²) >= 11 is 3.12. The second kappa shape index (κ2) is 6.88. The molecule has 0 saturated heterocycles. The van der Waals surface area contributed by atoms with Gasteiger partial charge in [-0.2, -0.15) is 0 Å². The molecule has 1 aliphatic carbocycles. The van der Waals surface area contributed by atoms with Crippen LogP contribution in [0.2, 0.25) is 0 Å². The van der Waals surface area contributed by atoms with Crippen molar-refractivity contribution in [2.75, 3.05) is 12.3 Å². The number of nitrogen functional groups attached to an aromatic ring is 1. The van der Waals surface area contributed by atoms with Gasteiger partial charge < -0.3 is 11.1 Å². The highest BCUT2D eigenvalue weighted by Gasteiger charge is 2.48. The molecule has 1 aliphatic heterocycles. The average molecular weight is 452 g/mol. The molecule has 2 aromatic rings. The van der Waals surface area contributed by atoms with E-state index in [0.717, 1.165) is 5.56 Å². The van der Waals surface area contributed by atoms with Crippen LogP contribution in [-0.2, 0) is 6.42 Å². The minimum atomic E-state index is -1.30. The van der Waals surface area contributed by atoms with Gasteiger partial charge in [-0.15, -0.1) is 0 Å². The maximum absolute atomic E-state index is 14.9. The summed E-state index contributed by atoms with van der Waals surface area (Å²) in [6.45, 7) is 2.05. The molecule has 1 unspecified atom stereocenters. The van der Waals surface area contributed by atoms with Crippen LogP contribution in [0.5, 0.6) is 0 Å². The number of nitrogens with zero attached hydrogens (tertiary/aromatic N) is 1. The summed E-state index contributed by atoms with van der Waals surface area (Å²) in [5.74, 6) is -1.36. The Morgan fingerprint density at radius 3 is 2.50 bits per heavy atom. The molecule has 148 valence electrons. The van der Waals surface area contributed by atoms with Gasteiger partial charge in [0.05, 0.1) is 6.04 Å². The van der Waals surface area contributed by atoms with Crippen LogP contribution in [-0.4, -0.2) is 29.4 Å². The Hall–Kier alpha value is -1.86. The van der Waals surface area contributed by atoms with Crippen LogP contribution in [0, 0.1) is 17.0 Å². The molecule has 0 aromatic heterocycles. The highest BCUT2D eigenvalue weighted by atomic mass is 79.9. The number of rotatable bonds is 4. The lowest BCUT2D eigenvalue weighted by Crippen LogP contribution is -2.47. The van der Waals surface area contributed by atoms with Crippen LogP contribution in [0.4, 0.5) is 18.9 Å². The molecule has 0 radical (unpaired) electrons. The van der Waals surface area contributed by atoms with E-state index in [1.807, 2.05) is 11.8 Å². The zero-order chi connectivity index (χ0) is 20.2. The fraction of sp³-hybridized carbons (Fsp3) is 0.381. The van der Waals surface area contributed by atoms with Crippen LogP contribution in [0.15, 0.2) is 28.7 Å². The summed E-state index contributed by atoms with van der Waals surface area (Å²) in [6.07, 6.45) is 2.65. The predicted octanol–water partition coefficient (Wildman–Crippen LogP) is 5.15. The monoisotopic (exact) mass is 451 g/mol. The molecular weight excluding hydrogens is 431 g/mol. The molecule has 4 rings (SSSR count). The summed E-state index contributed by atoms with van der Waals surface area (Å²) in [6, 6.07) is 4.92. The first-order chi connectivity index (χ1) is 13.2. The highest BCUT2D eigenvalue weighted by Crippen LogP contribution is 2.47. The quantitative estimate of drug-likeness (QED) is 0.499. The van der Waals surface area contributed by atoms with Gasteiger partial charge in [-0.05, 0) is 55.5 Å². The highest BCUT2D eigenvalue weighted by molar-refractivity contribution is 9.10. The zero-order valence-corrected chi connectivity index (χ0v) is 17.0. The molecule has 3 nitrogen and oxygen atoms in total. The van der Waals surface area contributed by atoms with Crippen molar-refractivity contribution < 1.29 is 13.2 Å². The van der Waals surface area contributed by atoms with E-state index >= 15 is 0 Å². The van der Waals surface area contributed by atoms with E-state index in [2.05, 4.69) is 15.9 Å². The topological polar surface area (TPSA) is 53.1 Å². The van der Waals surface area contributed by atoms with E-state index in [4.69, 9.17) is 11.1 Å². The third-order valence-electron chi connectivity index (χ3n) is 5.84. The van der Waals surface area contributed by atoms with E-state index in [1.54, 1.807) is 12.1 Å². The summed E-state index contributed by atoms with van der Waals surface area (Å²) in [4.78, 5) is 1.86. The number of hydrogen-bond acceptors (Lipinski definition) is 3. The molecule has 0 spiro atoms. The first-order valence-corrected chi connectivity index (χ1v) is 10.0. The van der Waals surface area contributed by atoms with E-state index < -0.39 is 23.3 Å². The number of anilines is 1. The lowest BCUT2D eigenvalue weighted by Gasteiger charge is -2.43. The van der Waals surface area contributed by atoms with Crippen molar-refractivity contribution in [3.05, 3.63) is 62.6 Å². The smallest absolute Gasteiger partial charge is 0.132 e. The van der Waals surface area contributed by atoms with Crippen molar-refractivity contribution in [2.24, 2.45) is 0 Å². The SMILES string of the molecule is C[C@@H]1Cc2c(ccc(N)c2C=N)C(c2c(F)cc(Br)cc2F)N1CC1(F)CC1. The van der Waals surface area contributed by atoms with Crippen LogP contribution >= 0.6 is 15.9 Å². The lowest BCUT2D eigenvalue weighted by molar-refractivity contribution is 0.0948. The van der Waals surface area contributed by atoms with Gasteiger partial charge in [0.15, 0.2) is 0 Å². The summed E-state index contributed by atoms with van der Waals surface area (Å²) in [5, 5.41) is 7.74. The number of nitrogens with one attached hydrogen (secondary N) is 1. The minimum Gasteiger partial charge on any atom is -0.398 e. The lowest BCUT2D eigenvalue weighted by atomic mass is 9.82. The predicted molar refractivity (Wildman–Crippen MR) is 108 cm³/mol. The van der Waals surface area contributed by atoms with Crippen molar-refractivity contribution in [1.29, 1.82) is 5.41 Å². The van der Waals surface area contributed by atoms with Gasteiger partial charge in [0.1, 0.15) is 17.3 Å². The molecule has 7 heteroatoms. The number of benzene rings is 2. The number of halogens is 4. The molecular formula is C21H21BrF3N3. The number of nitrogens with two attached hydrogens (primary N) is 1. The Bertz CT molecular complexity index is 935. The van der Waals surface area contributed by atoms with Crippen molar-refractivity contribution >= 4 is 27.8 Å². The van der Waals surface area contributed by atoms with E-state index in [1.165, 1.54) is 18.3 Å². The summed E-state index contributed by atoms with van der Waals surface area (Å²) in [7, 11) is 0. The van der Waals surface area contributed by atoms with Crippen LogP contribution < -0.4 is 5.73 Å². The van der Waals surface area contributed by atoms with E-state index in [0.29, 0.717) is 40.5 Å². The molecule has 2 aliphatic rings. The summed E-state index contributed by atoms with van der Waals surface area (Å²) < 4.78 is 44.9. The van der Waals surface area contributed by atoms with Gasteiger partial charge in [-0.25, -0.2) is 13.2 Å². The summed E-state index contributed by atoms with van der Waals surface area (Å²) in [5.41, 5.74) is 7.13. The molecule has 1 saturated carbocycles. The molecule has 2 atom stereocenters. The van der Waals surface area contributed by atoms with Crippen molar-refractivity contribution in [3.63, 3.8) is 0 Å². The maximum atomic E-state index is 14.9. The van der Waals surface area contributed by atoms with Gasteiger partial charge in [0.2, 0.25) is 0 Å². The van der Waals surface area contributed by atoms with Gasteiger partial charge >= 0.3 is 0 Å². The van der Waals surface area contributed by atoms with Crippen molar-refractivity contribution in [3.8, 4) is 0 Å². The Balaban J connectivity index is 1.94. The first kappa shape index (κ1) is 19.5. The molecule has 0 bridgehead atoms. The second-order valence-corrected chi connectivity index (χ2v) is 8.76. The molecule has 3 N–H and O–H groups in total. The Morgan fingerprint density at radius 2 is 1.93 bits per heavy atom. The fourth-order valence-corrected chi connectivity index (χ4v) is 4.61. The van der Waals surface area contributed by atoms with E-state index in [-0.39, 0.29) is 18.2 Å².